The summed E-state index contributed by atoms with van der Waals surface area (Å²) in [6.07, 6.45) is 0.0959. The number of nitrogens with zero attached hydrogens (tertiary/aromatic N) is 2. The lowest BCUT2D eigenvalue weighted by molar-refractivity contribution is -0.155. The molecule has 1 aromatic rings. The number of nitrogens with one attached hydrogen (secondary N) is 3. The van der Waals surface area contributed by atoms with Crippen molar-refractivity contribution in [2.45, 2.75) is 91.0 Å². The molecule has 2 aliphatic rings. The number of amides is 6. The summed E-state index contributed by atoms with van der Waals surface area (Å²) in [5.74, 6) is -3.98. The summed E-state index contributed by atoms with van der Waals surface area (Å²) < 4.78 is 23.8. The SMILES string of the molecule is CNC(=O)[C@H](CC(C)C)NC(=O)C(CC(C)C)CP(=O)(O)OCN1C(=O)CC[C@@H](NC(=O)[C@@H]2CCCN2C(=O)OCc2ccccc2)C1=O. The number of carbonyl (C=O) groups is 6. The zero-order valence-corrected chi connectivity index (χ0v) is 29.8. The molecule has 49 heavy (non-hydrogen) atoms. The van der Waals surface area contributed by atoms with Gasteiger partial charge in [-0.2, -0.15) is 0 Å². The minimum atomic E-state index is -4.55. The molecule has 0 radical (unpaired) electrons. The Kier molecular flexibility index (Phi) is 14.8. The van der Waals surface area contributed by atoms with Crippen molar-refractivity contribution in [3.63, 3.8) is 0 Å². The molecule has 0 aromatic heterocycles. The number of rotatable bonds is 16. The normalized spacial score (nSPS) is 20.5. The third-order valence-corrected chi connectivity index (χ3v) is 9.80. The van der Waals surface area contributed by atoms with Crippen molar-refractivity contribution in [1.29, 1.82) is 0 Å². The lowest BCUT2D eigenvalue weighted by Gasteiger charge is -2.32. The molecule has 2 heterocycles. The number of benzene rings is 1. The molecule has 15 nitrogen and oxygen atoms in total. The number of imide groups is 1. The second kappa shape index (κ2) is 18.3. The molecule has 0 saturated carbocycles. The van der Waals surface area contributed by atoms with Gasteiger partial charge in [-0.1, -0.05) is 58.0 Å². The maximum Gasteiger partial charge on any atom is 0.410 e. The highest BCUT2D eigenvalue weighted by molar-refractivity contribution is 7.52. The number of likely N-dealkylation sites (tertiary alicyclic amines) is 2. The highest BCUT2D eigenvalue weighted by atomic mass is 31.2. The largest absolute Gasteiger partial charge is 0.445 e. The van der Waals surface area contributed by atoms with Gasteiger partial charge < -0.3 is 25.6 Å². The Balaban J connectivity index is 1.60. The summed E-state index contributed by atoms with van der Waals surface area (Å²) in [4.78, 5) is 90.3. The first-order valence-corrected chi connectivity index (χ1v) is 18.5. The van der Waals surface area contributed by atoms with E-state index in [1.807, 2.05) is 58.0 Å². The molecule has 2 aliphatic heterocycles. The van der Waals surface area contributed by atoms with Gasteiger partial charge in [0.15, 0.2) is 0 Å². The number of piperidine rings is 1. The maximum absolute atomic E-state index is 13.3. The molecule has 4 N–H and O–H groups in total. The highest BCUT2D eigenvalue weighted by Gasteiger charge is 2.41. The number of likely N-dealkylation sites (N-methyl/N-ethyl adjacent to an activating group) is 1. The van der Waals surface area contributed by atoms with Crippen LogP contribution in [-0.4, -0.2) is 94.9 Å². The monoisotopic (exact) mass is 707 g/mol. The lowest BCUT2D eigenvalue weighted by atomic mass is 9.96. The van der Waals surface area contributed by atoms with Crippen LogP contribution >= 0.6 is 7.60 Å². The fraction of sp³-hybridized carbons (Fsp3) is 0.636. The number of hydrogen-bond donors (Lipinski definition) is 4. The topological polar surface area (TPSA) is 201 Å². The summed E-state index contributed by atoms with van der Waals surface area (Å²) in [6, 6.07) is 6.25. The van der Waals surface area contributed by atoms with Gasteiger partial charge in [0.1, 0.15) is 31.5 Å². The zero-order chi connectivity index (χ0) is 36.3. The minimum Gasteiger partial charge on any atom is -0.445 e. The van der Waals surface area contributed by atoms with E-state index in [2.05, 4.69) is 16.0 Å². The summed E-state index contributed by atoms with van der Waals surface area (Å²) >= 11 is 0. The predicted octanol–water partition coefficient (Wildman–Crippen LogP) is 2.52. The van der Waals surface area contributed by atoms with E-state index < -0.39 is 74.3 Å². The van der Waals surface area contributed by atoms with E-state index in [1.165, 1.54) is 11.9 Å². The Labute approximate surface area is 287 Å². The maximum atomic E-state index is 13.3. The smallest absolute Gasteiger partial charge is 0.410 e. The molecule has 3 rings (SSSR count). The van der Waals surface area contributed by atoms with Gasteiger partial charge in [0.2, 0.25) is 23.6 Å². The molecular formula is C33H50N5O10P. The van der Waals surface area contributed by atoms with Crippen molar-refractivity contribution in [3.8, 4) is 0 Å². The van der Waals surface area contributed by atoms with E-state index in [0.717, 1.165) is 5.56 Å². The standard InChI is InChI=1S/C33H50N5O10P/c1-21(2)16-24(29(40)36-26(17-22(3)4)30(41)34-5)19-49(45,46)48-20-38-28(39)14-13-25(32(38)43)35-31(42)27-12-9-15-37(27)33(44)47-18-23-10-7-6-8-11-23/h6-8,10-11,21-22,24-27H,9,12-20H2,1-5H3,(H,34,41)(H,35,42)(H,36,40)(H,45,46)/t24?,25-,26+,27+/m1/s1. The first-order chi connectivity index (χ1) is 23.1. The third kappa shape index (κ3) is 11.9. The van der Waals surface area contributed by atoms with Gasteiger partial charge >= 0.3 is 13.7 Å². The molecular weight excluding hydrogens is 657 g/mol. The van der Waals surface area contributed by atoms with E-state index >= 15 is 0 Å². The molecule has 0 bridgehead atoms. The van der Waals surface area contributed by atoms with Gasteiger partial charge in [-0.25, -0.2) is 4.79 Å². The van der Waals surface area contributed by atoms with Crippen LogP contribution in [0.1, 0.15) is 71.8 Å². The first kappa shape index (κ1) is 39.6. The van der Waals surface area contributed by atoms with Gasteiger partial charge in [0.05, 0.1) is 6.16 Å². The predicted molar refractivity (Wildman–Crippen MR) is 178 cm³/mol. The summed E-state index contributed by atoms with van der Waals surface area (Å²) in [5.41, 5.74) is 0.790. The zero-order valence-electron chi connectivity index (χ0n) is 28.9. The van der Waals surface area contributed by atoms with Crippen LogP contribution in [0.25, 0.3) is 0 Å². The van der Waals surface area contributed by atoms with Crippen molar-refractivity contribution in [2.75, 3.05) is 26.5 Å². The second-order valence-corrected chi connectivity index (χ2v) is 15.3. The molecule has 16 heteroatoms. The average Bonchev–Trinajstić information content (AvgIpc) is 3.54. The molecule has 1 aromatic carbocycles. The van der Waals surface area contributed by atoms with Crippen LogP contribution < -0.4 is 16.0 Å². The van der Waals surface area contributed by atoms with E-state index in [9.17, 15) is 38.2 Å². The van der Waals surface area contributed by atoms with Crippen LogP contribution in [-0.2, 0) is 44.4 Å². The molecule has 6 amide bonds. The molecule has 2 unspecified atom stereocenters. The van der Waals surface area contributed by atoms with Crippen molar-refractivity contribution < 1.29 is 47.5 Å². The summed E-state index contributed by atoms with van der Waals surface area (Å²) in [6.45, 7) is 6.96. The molecule has 2 saturated heterocycles. The fourth-order valence-electron chi connectivity index (χ4n) is 5.91. The van der Waals surface area contributed by atoms with E-state index in [-0.39, 0.29) is 43.6 Å². The average molecular weight is 708 g/mol. The van der Waals surface area contributed by atoms with E-state index in [1.54, 1.807) is 0 Å². The molecule has 0 aliphatic carbocycles. The van der Waals surface area contributed by atoms with Crippen molar-refractivity contribution in [3.05, 3.63) is 35.9 Å². The summed E-state index contributed by atoms with van der Waals surface area (Å²) in [7, 11) is -3.09. The van der Waals surface area contributed by atoms with E-state index in [0.29, 0.717) is 30.7 Å². The van der Waals surface area contributed by atoms with Gasteiger partial charge in [-0.15, -0.1) is 0 Å². The van der Waals surface area contributed by atoms with Crippen LogP contribution in [0, 0.1) is 17.8 Å². The van der Waals surface area contributed by atoms with E-state index in [4.69, 9.17) is 9.26 Å². The van der Waals surface area contributed by atoms with Crippen LogP contribution in [0.5, 0.6) is 0 Å². The van der Waals surface area contributed by atoms with Crippen molar-refractivity contribution in [1.82, 2.24) is 25.8 Å². The number of carbonyl (C=O) groups excluding carboxylic acids is 6. The Bertz CT molecular complexity index is 1390. The molecule has 5 atom stereocenters. The summed E-state index contributed by atoms with van der Waals surface area (Å²) in [5, 5.41) is 7.83. The van der Waals surface area contributed by atoms with Gasteiger partial charge in [0, 0.05) is 25.9 Å². The quantitative estimate of drug-likeness (QED) is 0.146. The second-order valence-electron chi connectivity index (χ2n) is 13.4. The van der Waals surface area contributed by atoms with Gasteiger partial charge in [-0.3, -0.25) is 42.9 Å². The van der Waals surface area contributed by atoms with Crippen LogP contribution in [0.4, 0.5) is 4.79 Å². The Morgan fingerprint density at radius 3 is 2.31 bits per heavy atom. The van der Waals surface area contributed by atoms with Crippen molar-refractivity contribution in [2.24, 2.45) is 17.8 Å². The molecule has 2 fully saturated rings. The fourth-order valence-corrected chi connectivity index (χ4v) is 7.19. The van der Waals surface area contributed by atoms with Gasteiger partial charge in [-0.05, 0) is 49.5 Å². The Morgan fingerprint density at radius 1 is 1.00 bits per heavy atom. The van der Waals surface area contributed by atoms with Crippen LogP contribution in [0.3, 0.4) is 0 Å². The molecule has 272 valence electrons. The minimum absolute atomic E-state index is 0.00137. The Morgan fingerprint density at radius 2 is 1.67 bits per heavy atom. The highest BCUT2D eigenvalue weighted by Crippen LogP contribution is 2.45. The third-order valence-electron chi connectivity index (χ3n) is 8.38. The molecule has 0 spiro atoms. The van der Waals surface area contributed by atoms with Gasteiger partial charge in [0.25, 0.3) is 5.91 Å². The van der Waals surface area contributed by atoms with Crippen molar-refractivity contribution >= 4 is 43.2 Å². The Hall–Kier alpha value is -3.81. The lowest BCUT2D eigenvalue weighted by Crippen LogP contribution is -2.57. The first-order valence-electron chi connectivity index (χ1n) is 16.7. The van der Waals surface area contributed by atoms with Crippen LogP contribution in [0.2, 0.25) is 0 Å². The number of ether oxygens (including phenoxy) is 1. The van der Waals surface area contributed by atoms with Crippen LogP contribution in [0.15, 0.2) is 30.3 Å². The number of hydrogen-bond acceptors (Lipinski definition) is 9.